The van der Waals surface area contributed by atoms with Gasteiger partial charge in [-0.15, -0.1) is 0 Å². The molecule has 2 rings (SSSR count). The lowest BCUT2D eigenvalue weighted by atomic mass is 10.1. The molecule has 0 bridgehead atoms. The fourth-order valence-electron chi connectivity index (χ4n) is 1.69. The van der Waals surface area contributed by atoms with Gasteiger partial charge in [-0.25, -0.2) is 4.98 Å². The molecule has 0 aliphatic rings. The molecule has 0 atom stereocenters. The zero-order chi connectivity index (χ0) is 12.4. The van der Waals surface area contributed by atoms with Gasteiger partial charge in [0.15, 0.2) is 5.82 Å². The van der Waals surface area contributed by atoms with Crippen LogP contribution in [0.1, 0.15) is 28.7 Å². The van der Waals surface area contributed by atoms with Gasteiger partial charge in [0, 0.05) is 29.0 Å². The fourth-order valence-corrected chi connectivity index (χ4v) is 1.94. The molecule has 0 fully saturated rings. The topological polar surface area (TPSA) is 34.9 Å². The third-order valence-corrected chi connectivity index (χ3v) is 3.57. The number of benzene rings is 1. The van der Waals surface area contributed by atoms with Crippen LogP contribution < -0.4 is 0 Å². The van der Waals surface area contributed by atoms with Gasteiger partial charge in [-0.1, -0.05) is 15.9 Å². The summed E-state index contributed by atoms with van der Waals surface area (Å²) in [5.41, 5.74) is 1.72. The fraction of sp³-hybridized carbons (Fsp3) is 0.231. The molecule has 88 valence electrons. The highest BCUT2D eigenvalue weighted by Gasteiger charge is 2.14. The number of rotatable bonds is 3. The van der Waals surface area contributed by atoms with Crippen molar-refractivity contribution in [2.75, 3.05) is 0 Å². The van der Waals surface area contributed by atoms with E-state index in [1.54, 1.807) is 6.20 Å². The van der Waals surface area contributed by atoms with Crippen LogP contribution >= 0.6 is 15.9 Å². The Morgan fingerprint density at radius 2 is 2.24 bits per heavy atom. The summed E-state index contributed by atoms with van der Waals surface area (Å²) in [6.45, 7) is 4.70. The highest BCUT2D eigenvalue weighted by molar-refractivity contribution is 9.10. The van der Waals surface area contributed by atoms with Gasteiger partial charge in [0.1, 0.15) is 0 Å². The third kappa shape index (κ3) is 2.31. The molecule has 0 saturated carbocycles. The number of carbonyl (C=O) groups is 1. The number of imidazole rings is 1. The minimum absolute atomic E-state index is 0.0348. The average Bonchev–Trinajstić information content (AvgIpc) is 2.80. The van der Waals surface area contributed by atoms with Crippen LogP contribution in [0, 0.1) is 6.92 Å². The summed E-state index contributed by atoms with van der Waals surface area (Å²) in [6.07, 6.45) is 3.47. The highest BCUT2D eigenvalue weighted by atomic mass is 79.9. The first-order valence-corrected chi connectivity index (χ1v) is 6.24. The predicted molar refractivity (Wildman–Crippen MR) is 70.2 cm³/mol. The van der Waals surface area contributed by atoms with Crippen LogP contribution in [0.3, 0.4) is 0 Å². The summed E-state index contributed by atoms with van der Waals surface area (Å²) in [6, 6.07) is 5.58. The molecule has 17 heavy (non-hydrogen) atoms. The zero-order valence-corrected chi connectivity index (χ0v) is 11.4. The number of aromatic nitrogens is 2. The quantitative estimate of drug-likeness (QED) is 0.814. The van der Waals surface area contributed by atoms with Gasteiger partial charge in [-0.3, -0.25) is 4.79 Å². The molecule has 0 aliphatic heterocycles. The molecule has 2 aromatic rings. The third-order valence-electron chi connectivity index (χ3n) is 2.68. The van der Waals surface area contributed by atoms with Crippen LogP contribution in [0.5, 0.6) is 0 Å². The van der Waals surface area contributed by atoms with Crippen molar-refractivity contribution in [3.63, 3.8) is 0 Å². The maximum Gasteiger partial charge on any atom is 0.228 e. The Morgan fingerprint density at radius 1 is 1.47 bits per heavy atom. The standard InChI is InChI=1S/C13H13BrN2O/c1-3-16-7-6-15-13(16)12(17)10-4-5-11(14)9(2)8-10/h4-8H,3H2,1-2H3. The Balaban J connectivity index is 2.40. The SMILES string of the molecule is CCn1ccnc1C(=O)c1ccc(Br)c(C)c1. The molecule has 0 unspecified atom stereocenters. The van der Waals surface area contributed by atoms with Crippen molar-refractivity contribution in [3.8, 4) is 0 Å². The molecule has 4 heteroatoms. The maximum absolute atomic E-state index is 12.3. The van der Waals surface area contributed by atoms with Crippen molar-refractivity contribution < 1.29 is 4.79 Å². The largest absolute Gasteiger partial charge is 0.328 e. The summed E-state index contributed by atoms with van der Waals surface area (Å²) >= 11 is 3.42. The van der Waals surface area contributed by atoms with Crippen LogP contribution in [-0.2, 0) is 6.54 Å². The van der Waals surface area contributed by atoms with Crippen molar-refractivity contribution >= 4 is 21.7 Å². The lowest BCUT2D eigenvalue weighted by Crippen LogP contribution is -2.10. The first-order valence-electron chi connectivity index (χ1n) is 5.45. The molecule has 1 aromatic carbocycles. The minimum atomic E-state index is -0.0348. The number of hydrogen-bond donors (Lipinski definition) is 0. The van der Waals surface area contributed by atoms with Crippen molar-refractivity contribution in [2.45, 2.75) is 20.4 Å². The van der Waals surface area contributed by atoms with Gasteiger partial charge in [-0.05, 0) is 37.6 Å². The Kier molecular flexibility index (Phi) is 3.43. The molecular weight excluding hydrogens is 280 g/mol. The van der Waals surface area contributed by atoms with E-state index in [4.69, 9.17) is 0 Å². The van der Waals surface area contributed by atoms with E-state index in [0.29, 0.717) is 11.4 Å². The Morgan fingerprint density at radius 3 is 2.88 bits per heavy atom. The zero-order valence-electron chi connectivity index (χ0n) is 9.77. The second-order valence-corrected chi connectivity index (χ2v) is 4.68. The molecule has 0 N–H and O–H groups in total. The number of hydrogen-bond acceptors (Lipinski definition) is 2. The number of nitrogens with zero attached hydrogens (tertiary/aromatic N) is 2. The van der Waals surface area contributed by atoms with Crippen molar-refractivity contribution in [3.05, 3.63) is 52.0 Å². The molecule has 0 amide bonds. The van der Waals surface area contributed by atoms with Crippen LogP contribution in [0.4, 0.5) is 0 Å². The van der Waals surface area contributed by atoms with E-state index in [0.717, 1.165) is 16.6 Å². The van der Waals surface area contributed by atoms with Gasteiger partial charge < -0.3 is 4.57 Å². The van der Waals surface area contributed by atoms with E-state index in [1.165, 1.54) is 0 Å². The Hall–Kier alpha value is -1.42. The molecule has 0 aliphatic carbocycles. The second-order valence-electron chi connectivity index (χ2n) is 3.83. The Labute approximate surface area is 109 Å². The second kappa shape index (κ2) is 4.84. The normalized spacial score (nSPS) is 10.5. The van der Waals surface area contributed by atoms with Gasteiger partial charge in [-0.2, -0.15) is 0 Å². The van der Waals surface area contributed by atoms with E-state index in [2.05, 4.69) is 20.9 Å². The number of carbonyl (C=O) groups excluding carboxylic acids is 1. The summed E-state index contributed by atoms with van der Waals surface area (Å²) in [5, 5.41) is 0. The predicted octanol–water partition coefficient (Wildman–Crippen LogP) is 3.20. The lowest BCUT2D eigenvalue weighted by molar-refractivity contribution is 0.102. The van der Waals surface area contributed by atoms with Crippen molar-refractivity contribution in [1.29, 1.82) is 0 Å². The van der Waals surface area contributed by atoms with E-state index in [9.17, 15) is 4.79 Å². The maximum atomic E-state index is 12.3. The summed E-state index contributed by atoms with van der Waals surface area (Å²) in [4.78, 5) is 16.4. The van der Waals surface area contributed by atoms with Crippen LogP contribution in [0.25, 0.3) is 0 Å². The first kappa shape index (κ1) is 12.0. The van der Waals surface area contributed by atoms with Crippen LogP contribution in [-0.4, -0.2) is 15.3 Å². The van der Waals surface area contributed by atoms with E-state index >= 15 is 0 Å². The van der Waals surface area contributed by atoms with Crippen molar-refractivity contribution in [2.24, 2.45) is 0 Å². The molecule has 3 nitrogen and oxygen atoms in total. The number of halogens is 1. The molecule has 0 spiro atoms. The monoisotopic (exact) mass is 292 g/mol. The van der Waals surface area contributed by atoms with Gasteiger partial charge in [0.25, 0.3) is 0 Å². The van der Waals surface area contributed by atoms with Gasteiger partial charge >= 0.3 is 0 Å². The van der Waals surface area contributed by atoms with Crippen LogP contribution in [0.2, 0.25) is 0 Å². The van der Waals surface area contributed by atoms with Gasteiger partial charge in [0.05, 0.1) is 0 Å². The molecule has 1 aromatic heterocycles. The molecule has 1 heterocycles. The Bertz CT molecular complexity index is 560. The van der Waals surface area contributed by atoms with E-state index < -0.39 is 0 Å². The van der Waals surface area contributed by atoms with Crippen molar-refractivity contribution in [1.82, 2.24) is 9.55 Å². The molecular formula is C13H13BrN2O. The molecule has 0 radical (unpaired) electrons. The summed E-state index contributed by atoms with van der Waals surface area (Å²) < 4.78 is 2.85. The minimum Gasteiger partial charge on any atom is -0.328 e. The lowest BCUT2D eigenvalue weighted by Gasteiger charge is -2.05. The van der Waals surface area contributed by atoms with Crippen LogP contribution in [0.15, 0.2) is 35.1 Å². The number of ketones is 1. The number of aryl methyl sites for hydroxylation is 2. The summed E-state index contributed by atoms with van der Waals surface area (Å²) in [5.74, 6) is 0.460. The van der Waals surface area contributed by atoms with E-state index in [-0.39, 0.29) is 5.78 Å². The average molecular weight is 293 g/mol. The smallest absolute Gasteiger partial charge is 0.228 e. The first-order chi connectivity index (χ1) is 8.13. The van der Waals surface area contributed by atoms with Gasteiger partial charge in [0.2, 0.25) is 5.78 Å². The van der Waals surface area contributed by atoms with E-state index in [1.807, 2.05) is 42.8 Å². The summed E-state index contributed by atoms with van der Waals surface area (Å²) in [7, 11) is 0. The highest BCUT2D eigenvalue weighted by Crippen LogP contribution is 2.18. The molecule has 0 saturated heterocycles.